The maximum absolute atomic E-state index is 13.4. The van der Waals surface area contributed by atoms with E-state index < -0.39 is 0 Å². The number of aryl methyl sites for hydroxylation is 1. The molecule has 1 aliphatic rings. The third kappa shape index (κ3) is 4.70. The first kappa shape index (κ1) is 20.5. The molecule has 0 saturated carbocycles. The highest BCUT2D eigenvalue weighted by Gasteiger charge is 2.19. The van der Waals surface area contributed by atoms with Gasteiger partial charge in [0.1, 0.15) is 5.82 Å². The highest BCUT2D eigenvalue weighted by Crippen LogP contribution is 2.22. The number of thiazole rings is 1. The molecule has 0 bridgehead atoms. The van der Waals surface area contributed by atoms with E-state index in [1.54, 1.807) is 23.5 Å². The molecule has 4 rings (SSSR count). The van der Waals surface area contributed by atoms with Crippen molar-refractivity contribution in [2.45, 2.75) is 39.2 Å². The monoisotopic (exact) mass is 423 g/mol. The molecule has 2 heterocycles. The second-order valence-corrected chi connectivity index (χ2v) is 8.37. The van der Waals surface area contributed by atoms with Crippen molar-refractivity contribution in [1.29, 1.82) is 0 Å². The number of nitrogens with zero attached hydrogens (tertiary/aromatic N) is 3. The lowest BCUT2D eigenvalue weighted by atomic mass is 10.1. The molecule has 1 fully saturated rings. The molecular weight excluding hydrogens is 397 g/mol. The van der Waals surface area contributed by atoms with Crippen LogP contribution in [0, 0.1) is 5.82 Å². The largest absolute Gasteiger partial charge is 0.343 e. The number of aromatic nitrogens is 1. The summed E-state index contributed by atoms with van der Waals surface area (Å²) >= 11 is 1.59. The van der Waals surface area contributed by atoms with Crippen molar-refractivity contribution in [2.75, 3.05) is 13.1 Å². The molecule has 3 aromatic rings. The highest BCUT2D eigenvalue weighted by atomic mass is 32.1. The fourth-order valence-corrected chi connectivity index (χ4v) is 4.72. The van der Waals surface area contributed by atoms with Crippen molar-refractivity contribution in [3.63, 3.8) is 0 Å². The standard InChI is InChI=1S/C24H26FN3OS/c1-2-18-6-12-21(13-7-18)26-24-28(16-4-15-27-14-3-5-23(27)29)22(17-30-24)19-8-10-20(25)11-9-19/h6-13,17H,2-5,14-16H2,1H3. The Balaban J connectivity index is 1.63. The lowest BCUT2D eigenvalue weighted by Crippen LogP contribution is -2.27. The molecule has 0 spiro atoms. The molecule has 4 nitrogen and oxygen atoms in total. The molecule has 0 aliphatic carbocycles. The van der Waals surface area contributed by atoms with E-state index in [2.05, 4.69) is 29.0 Å². The number of hydrogen-bond acceptors (Lipinski definition) is 3. The summed E-state index contributed by atoms with van der Waals surface area (Å²) in [6, 6.07) is 14.9. The first-order chi connectivity index (χ1) is 14.6. The minimum absolute atomic E-state index is 0.242. The van der Waals surface area contributed by atoms with E-state index >= 15 is 0 Å². The normalized spacial score (nSPS) is 14.7. The van der Waals surface area contributed by atoms with E-state index in [-0.39, 0.29) is 11.7 Å². The molecule has 0 radical (unpaired) electrons. The molecule has 30 heavy (non-hydrogen) atoms. The van der Waals surface area contributed by atoms with Crippen molar-refractivity contribution >= 4 is 22.9 Å². The van der Waals surface area contributed by atoms with Gasteiger partial charge >= 0.3 is 0 Å². The van der Waals surface area contributed by atoms with Gasteiger partial charge in [-0.15, -0.1) is 11.3 Å². The number of carbonyl (C=O) groups is 1. The summed E-state index contributed by atoms with van der Waals surface area (Å²) in [5, 5.41) is 2.08. The third-order valence-electron chi connectivity index (χ3n) is 5.49. The van der Waals surface area contributed by atoms with Crippen molar-refractivity contribution in [3.8, 4) is 11.3 Å². The summed E-state index contributed by atoms with van der Waals surface area (Å²) in [5.41, 5.74) is 4.20. The second kappa shape index (κ2) is 9.39. The number of halogens is 1. The van der Waals surface area contributed by atoms with Gasteiger partial charge in [0, 0.05) is 31.4 Å². The van der Waals surface area contributed by atoms with Crippen LogP contribution in [0.5, 0.6) is 0 Å². The Hall–Kier alpha value is -2.73. The van der Waals surface area contributed by atoms with Gasteiger partial charge in [-0.25, -0.2) is 9.38 Å². The number of hydrogen-bond donors (Lipinski definition) is 0. The summed E-state index contributed by atoms with van der Waals surface area (Å²) < 4.78 is 15.6. The number of rotatable bonds is 7. The van der Waals surface area contributed by atoms with Crippen LogP contribution in [0.3, 0.4) is 0 Å². The van der Waals surface area contributed by atoms with Crippen molar-refractivity contribution < 1.29 is 9.18 Å². The van der Waals surface area contributed by atoms with E-state index in [0.29, 0.717) is 6.42 Å². The predicted molar refractivity (Wildman–Crippen MR) is 119 cm³/mol. The summed E-state index contributed by atoms with van der Waals surface area (Å²) in [4.78, 5) is 19.6. The molecule has 2 aromatic carbocycles. The lowest BCUT2D eigenvalue weighted by Gasteiger charge is -2.16. The van der Waals surface area contributed by atoms with Gasteiger partial charge in [-0.3, -0.25) is 4.79 Å². The zero-order chi connectivity index (χ0) is 20.9. The summed E-state index contributed by atoms with van der Waals surface area (Å²) in [5.74, 6) is 0.0130. The smallest absolute Gasteiger partial charge is 0.222 e. The molecule has 1 aromatic heterocycles. The average molecular weight is 424 g/mol. The fraction of sp³-hybridized carbons (Fsp3) is 0.333. The zero-order valence-electron chi connectivity index (χ0n) is 17.2. The van der Waals surface area contributed by atoms with Crippen molar-refractivity contribution in [1.82, 2.24) is 9.47 Å². The zero-order valence-corrected chi connectivity index (χ0v) is 18.0. The maximum Gasteiger partial charge on any atom is 0.222 e. The first-order valence-corrected chi connectivity index (χ1v) is 11.4. The Morgan fingerprint density at radius 3 is 2.50 bits per heavy atom. The SMILES string of the molecule is CCc1ccc(N=c2scc(-c3ccc(F)cc3)n2CCCN2CCCC2=O)cc1. The molecule has 1 saturated heterocycles. The average Bonchev–Trinajstić information content (AvgIpc) is 3.35. The topological polar surface area (TPSA) is 37.6 Å². The van der Waals surface area contributed by atoms with Gasteiger partial charge in [-0.05, 0) is 66.8 Å². The van der Waals surface area contributed by atoms with Gasteiger partial charge in [0.2, 0.25) is 5.91 Å². The van der Waals surface area contributed by atoms with Crippen LogP contribution in [0.15, 0.2) is 58.9 Å². The molecule has 1 amide bonds. The molecule has 0 atom stereocenters. The Kier molecular flexibility index (Phi) is 6.43. The van der Waals surface area contributed by atoms with Crippen LogP contribution in [0.25, 0.3) is 11.3 Å². The summed E-state index contributed by atoms with van der Waals surface area (Å²) in [6.45, 7) is 4.51. The van der Waals surface area contributed by atoms with E-state index in [0.717, 1.165) is 60.6 Å². The van der Waals surface area contributed by atoms with Crippen molar-refractivity contribution in [2.24, 2.45) is 4.99 Å². The molecular formula is C24H26FN3OS. The fourth-order valence-electron chi connectivity index (χ4n) is 3.76. The van der Waals surface area contributed by atoms with E-state index in [1.165, 1.54) is 17.7 Å². The predicted octanol–water partition coefficient (Wildman–Crippen LogP) is 5.16. The number of amides is 1. The van der Waals surface area contributed by atoms with Crippen LogP contribution in [-0.4, -0.2) is 28.5 Å². The van der Waals surface area contributed by atoms with E-state index in [4.69, 9.17) is 4.99 Å². The second-order valence-electron chi connectivity index (χ2n) is 7.53. The van der Waals surface area contributed by atoms with Gasteiger partial charge in [0.25, 0.3) is 0 Å². The Labute approximate surface area is 180 Å². The third-order valence-corrected chi connectivity index (χ3v) is 6.35. The highest BCUT2D eigenvalue weighted by molar-refractivity contribution is 7.07. The lowest BCUT2D eigenvalue weighted by molar-refractivity contribution is -0.127. The van der Waals surface area contributed by atoms with E-state index in [9.17, 15) is 9.18 Å². The van der Waals surface area contributed by atoms with Crippen LogP contribution in [0.4, 0.5) is 10.1 Å². The van der Waals surface area contributed by atoms with Crippen LogP contribution < -0.4 is 4.80 Å². The number of likely N-dealkylation sites (tertiary alicyclic amines) is 1. The minimum atomic E-state index is -0.242. The van der Waals surface area contributed by atoms with Gasteiger partial charge in [-0.1, -0.05) is 19.1 Å². The molecule has 0 N–H and O–H groups in total. The summed E-state index contributed by atoms with van der Waals surface area (Å²) in [6.07, 6.45) is 3.49. The molecule has 0 unspecified atom stereocenters. The quantitative estimate of drug-likeness (QED) is 0.517. The Bertz CT molecular complexity index is 1070. The van der Waals surface area contributed by atoms with Gasteiger partial charge in [0.05, 0.1) is 11.4 Å². The minimum Gasteiger partial charge on any atom is -0.343 e. The first-order valence-electron chi connectivity index (χ1n) is 10.5. The van der Waals surface area contributed by atoms with Gasteiger partial charge < -0.3 is 9.47 Å². The summed E-state index contributed by atoms with van der Waals surface area (Å²) in [7, 11) is 0. The van der Waals surface area contributed by atoms with Gasteiger partial charge in [-0.2, -0.15) is 0 Å². The number of carbonyl (C=O) groups excluding carboxylic acids is 1. The van der Waals surface area contributed by atoms with Crippen LogP contribution in [0.2, 0.25) is 0 Å². The Morgan fingerprint density at radius 1 is 1.07 bits per heavy atom. The van der Waals surface area contributed by atoms with E-state index in [1.807, 2.05) is 17.0 Å². The molecule has 6 heteroatoms. The van der Waals surface area contributed by atoms with Gasteiger partial charge in [0.15, 0.2) is 4.80 Å². The maximum atomic E-state index is 13.4. The Morgan fingerprint density at radius 2 is 1.83 bits per heavy atom. The molecule has 1 aliphatic heterocycles. The van der Waals surface area contributed by atoms with Crippen LogP contribution in [0.1, 0.15) is 31.7 Å². The molecule has 156 valence electrons. The van der Waals surface area contributed by atoms with Crippen LogP contribution in [-0.2, 0) is 17.8 Å². The number of benzene rings is 2. The van der Waals surface area contributed by atoms with Crippen LogP contribution >= 0.6 is 11.3 Å². The van der Waals surface area contributed by atoms with Crippen molar-refractivity contribution in [3.05, 3.63) is 70.1 Å².